The van der Waals surface area contributed by atoms with Crippen LogP contribution < -0.4 is 24.8 Å². The number of hydrogen-bond donors (Lipinski definition) is 2. The maximum atomic E-state index is 11.8. The number of rotatable bonds is 10. The molecule has 0 heterocycles. The van der Waals surface area contributed by atoms with Crippen LogP contribution >= 0.6 is 0 Å². The van der Waals surface area contributed by atoms with Crippen LogP contribution in [0.2, 0.25) is 0 Å². The Morgan fingerprint density at radius 3 is 1.96 bits per heavy atom. The Bertz CT molecular complexity index is 746. The average molecular weight is 372 g/mol. The van der Waals surface area contributed by atoms with E-state index in [0.29, 0.717) is 30.3 Å². The second kappa shape index (κ2) is 10.7. The lowest BCUT2D eigenvalue weighted by Gasteiger charge is -2.11. The zero-order valence-corrected chi connectivity index (χ0v) is 15.5. The van der Waals surface area contributed by atoms with Gasteiger partial charge in [0.2, 0.25) is 0 Å². The van der Waals surface area contributed by atoms with Crippen LogP contribution in [-0.4, -0.2) is 45.2 Å². The summed E-state index contributed by atoms with van der Waals surface area (Å²) < 4.78 is 15.9. The van der Waals surface area contributed by atoms with Gasteiger partial charge in [-0.25, -0.2) is 0 Å². The molecule has 0 spiro atoms. The molecule has 2 aromatic rings. The molecule has 2 N–H and O–H groups in total. The van der Waals surface area contributed by atoms with Crippen LogP contribution in [0.25, 0.3) is 0 Å². The minimum absolute atomic E-state index is 0.0755. The predicted molar refractivity (Wildman–Crippen MR) is 101 cm³/mol. The molecule has 7 heteroatoms. The van der Waals surface area contributed by atoms with E-state index in [0.717, 1.165) is 5.56 Å². The van der Waals surface area contributed by atoms with Crippen molar-refractivity contribution >= 4 is 11.8 Å². The van der Waals surface area contributed by atoms with Gasteiger partial charge in [-0.2, -0.15) is 0 Å². The van der Waals surface area contributed by atoms with Crippen molar-refractivity contribution in [1.82, 2.24) is 10.6 Å². The van der Waals surface area contributed by atoms with Gasteiger partial charge in [0.05, 0.1) is 7.11 Å². The van der Waals surface area contributed by atoms with Crippen LogP contribution in [-0.2, 0) is 9.59 Å². The van der Waals surface area contributed by atoms with Crippen LogP contribution in [0.3, 0.4) is 0 Å². The number of ether oxygens (including phenoxy) is 3. The summed E-state index contributed by atoms with van der Waals surface area (Å²) >= 11 is 0. The van der Waals surface area contributed by atoms with Crippen molar-refractivity contribution in [3.63, 3.8) is 0 Å². The number of aryl methyl sites for hydroxylation is 1. The van der Waals surface area contributed by atoms with Crippen molar-refractivity contribution in [2.45, 2.75) is 6.92 Å². The van der Waals surface area contributed by atoms with E-state index in [1.165, 1.54) is 7.11 Å². The second-order valence-electron chi connectivity index (χ2n) is 5.74. The van der Waals surface area contributed by atoms with Gasteiger partial charge < -0.3 is 24.8 Å². The maximum Gasteiger partial charge on any atom is 0.258 e. The summed E-state index contributed by atoms with van der Waals surface area (Å²) in [5.74, 6) is 1.15. The van der Waals surface area contributed by atoms with Gasteiger partial charge in [0.1, 0.15) is 5.75 Å². The third-order valence-electron chi connectivity index (χ3n) is 3.59. The quantitative estimate of drug-likeness (QED) is 0.620. The molecule has 2 aromatic carbocycles. The third-order valence-corrected chi connectivity index (χ3v) is 3.59. The SMILES string of the molecule is COc1ccccc1OCC(=O)NCCNC(=O)COc1ccc(C)cc1. The molecule has 2 amide bonds. The van der Waals surface area contributed by atoms with Crippen molar-refractivity contribution in [1.29, 1.82) is 0 Å². The Kier molecular flexibility index (Phi) is 7.96. The molecule has 0 aliphatic heterocycles. The Balaban J connectivity index is 1.58. The first-order chi connectivity index (χ1) is 13.1. The molecule has 0 fully saturated rings. The summed E-state index contributed by atoms with van der Waals surface area (Å²) in [5, 5.41) is 5.34. The van der Waals surface area contributed by atoms with Crippen LogP contribution in [0, 0.1) is 6.92 Å². The standard InChI is InChI=1S/C20H24N2O5/c1-15-7-9-16(10-8-15)26-13-19(23)21-11-12-22-20(24)14-27-18-6-4-3-5-17(18)25-2/h3-10H,11-14H2,1-2H3,(H,21,23)(H,22,24). The molecule has 144 valence electrons. The first-order valence-corrected chi connectivity index (χ1v) is 8.57. The number of amides is 2. The monoisotopic (exact) mass is 372 g/mol. The molecular weight excluding hydrogens is 348 g/mol. The molecule has 0 atom stereocenters. The fourth-order valence-corrected chi connectivity index (χ4v) is 2.17. The highest BCUT2D eigenvalue weighted by molar-refractivity contribution is 5.78. The minimum Gasteiger partial charge on any atom is -0.493 e. The molecule has 2 rings (SSSR count). The number of methoxy groups -OCH3 is 1. The highest BCUT2D eigenvalue weighted by Gasteiger charge is 2.07. The number of carbonyl (C=O) groups is 2. The lowest BCUT2D eigenvalue weighted by Crippen LogP contribution is -2.38. The highest BCUT2D eigenvalue weighted by atomic mass is 16.5. The number of nitrogens with one attached hydrogen (secondary N) is 2. The molecule has 0 unspecified atom stereocenters. The summed E-state index contributed by atoms with van der Waals surface area (Å²) in [6.07, 6.45) is 0. The van der Waals surface area contributed by atoms with Crippen molar-refractivity contribution < 1.29 is 23.8 Å². The Labute approximate surface area is 158 Å². The van der Waals surface area contributed by atoms with E-state index in [1.807, 2.05) is 37.3 Å². The predicted octanol–water partition coefficient (Wildman–Crippen LogP) is 1.69. The smallest absolute Gasteiger partial charge is 0.258 e. The molecule has 0 saturated carbocycles. The first kappa shape index (κ1) is 20.1. The van der Waals surface area contributed by atoms with Crippen molar-refractivity contribution in [3.8, 4) is 17.2 Å². The van der Waals surface area contributed by atoms with Crippen LogP contribution in [0.4, 0.5) is 0 Å². The molecule has 0 radical (unpaired) electrons. The normalized spacial score (nSPS) is 10.0. The Morgan fingerprint density at radius 2 is 1.37 bits per heavy atom. The van der Waals surface area contributed by atoms with Crippen molar-refractivity contribution in [3.05, 3.63) is 54.1 Å². The molecule has 0 aliphatic rings. The van der Waals surface area contributed by atoms with Gasteiger partial charge >= 0.3 is 0 Å². The van der Waals surface area contributed by atoms with Gasteiger partial charge in [0, 0.05) is 13.1 Å². The van der Waals surface area contributed by atoms with Crippen molar-refractivity contribution in [2.75, 3.05) is 33.4 Å². The number of carbonyl (C=O) groups excluding carboxylic acids is 2. The molecule has 0 aliphatic carbocycles. The molecule has 27 heavy (non-hydrogen) atoms. The zero-order valence-electron chi connectivity index (χ0n) is 15.5. The number of hydrogen-bond acceptors (Lipinski definition) is 5. The zero-order chi connectivity index (χ0) is 19.5. The van der Waals surface area contributed by atoms with Crippen LogP contribution in [0.5, 0.6) is 17.2 Å². The number of para-hydroxylation sites is 2. The fraction of sp³-hybridized carbons (Fsp3) is 0.300. The van der Waals surface area contributed by atoms with Gasteiger partial charge in [0.25, 0.3) is 11.8 Å². The molecule has 0 bridgehead atoms. The van der Waals surface area contributed by atoms with E-state index >= 15 is 0 Å². The largest absolute Gasteiger partial charge is 0.493 e. The van der Waals surface area contributed by atoms with E-state index in [2.05, 4.69) is 10.6 Å². The summed E-state index contributed by atoms with van der Waals surface area (Å²) in [6, 6.07) is 14.5. The summed E-state index contributed by atoms with van der Waals surface area (Å²) in [4.78, 5) is 23.5. The number of benzene rings is 2. The Morgan fingerprint density at radius 1 is 0.815 bits per heavy atom. The molecular formula is C20H24N2O5. The fourth-order valence-electron chi connectivity index (χ4n) is 2.17. The summed E-state index contributed by atoms with van der Waals surface area (Å²) in [6.45, 7) is 2.37. The van der Waals surface area contributed by atoms with E-state index in [1.54, 1.807) is 18.2 Å². The van der Waals surface area contributed by atoms with Gasteiger partial charge in [-0.05, 0) is 31.2 Å². The molecule has 7 nitrogen and oxygen atoms in total. The summed E-state index contributed by atoms with van der Waals surface area (Å²) in [7, 11) is 1.54. The topological polar surface area (TPSA) is 85.9 Å². The average Bonchev–Trinajstić information content (AvgIpc) is 2.69. The van der Waals surface area contributed by atoms with Crippen LogP contribution in [0.15, 0.2) is 48.5 Å². The lowest BCUT2D eigenvalue weighted by atomic mass is 10.2. The minimum atomic E-state index is -0.286. The second-order valence-corrected chi connectivity index (χ2v) is 5.74. The van der Waals surface area contributed by atoms with Crippen molar-refractivity contribution in [2.24, 2.45) is 0 Å². The third kappa shape index (κ3) is 7.27. The maximum absolute atomic E-state index is 11.8. The lowest BCUT2D eigenvalue weighted by molar-refractivity contribution is -0.124. The van der Waals surface area contributed by atoms with Gasteiger partial charge in [-0.3, -0.25) is 9.59 Å². The van der Waals surface area contributed by atoms with Gasteiger partial charge in [0.15, 0.2) is 24.7 Å². The van der Waals surface area contributed by atoms with Gasteiger partial charge in [-0.1, -0.05) is 29.8 Å². The van der Waals surface area contributed by atoms with Gasteiger partial charge in [-0.15, -0.1) is 0 Å². The highest BCUT2D eigenvalue weighted by Crippen LogP contribution is 2.25. The van der Waals surface area contributed by atoms with E-state index < -0.39 is 0 Å². The van der Waals surface area contributed by atoms with E-state index in [4.69, 9.17) is 14.2 Å². The first-order valence-electron chi connectivity index (χ1n) is 8.57. The van der Waals surface area contributed by atoms with E-state index in [-0.39, 0.29) is 25.0 Å². The molecule has 0 saturated heterocycles. The van der Waals surface area contributed by atoms with Crippen LogP contribution in [0.1, 0.15) is 5.56 Å². The Hall–Kier alpha value is -3.22. The van der Waals surface area contributed by atoms with E-state index in [9.17, 15) is 9.59 Å². The summed E-state index contributed by atoms with van der Waals surface area (Å²) in [5.41, 5.74) is 1.12. The molecule has 0 aromatic heterocycles.